The molecule has 0 fully saturated rings. The zero-order chi connectivity index (χ0) is 14.5. The van der Waals surface area contributed by atoms with E-state index in [1.165, 1.54) is 12.1 Å². The van der Waals surface area contributed by atoms with E-state index in [1.54, 1.807) is 6.07 Å². The average Bonchev–Trinajstić information content (AvgIpc) is 2.43. The van der Waals surface area contributed by atoms with E-state index in [2.05, 4.69) is 5.32 Å². The quantitative estimate of drug-likeness (QED) is 0.749. The number of hydrogen-bond donors (Lipinski definition) is 3. The highest BCUT2D eigenvalue weighted by Crippen LogP contribution is 2.25. The van der Waals surface area contributed by atoms with E-state index in [-0.39, 0.29) is 23.8 Å². The largest absolute Gasteiger partial charge is 0.504 e. The lowest BCUT2D eigenvalue weighted by atomic mass is 10.1. The van der Waals surface area contributed by atoms with Crippen LogP contribution >= 0.6 is 0 Å². The number of anilines is 1. The molecule has 2 rings (SSSR count). The van der Waals surface area contributed by atoms with Crippen molar-refractivity contribution in [3.8, 4) is 11.5 Å². The van der Waals surface area contributed by atoms with E-state index in [1.807, 2.05) is 31.2 Å². The number of nitrogens with one attached hydrogen (secondary N) is 1. The van der Waals surface area contributed by atoms with Gasteiger partial charge in [-0.25, -0.2) is 0 Å². The molecule has 0 heterocycles. The van der Waals surface area contributed by atoms with Crippen molar-refractivity contribution in [2.75, 3.05) is 5.32 Å². The second kappa shape index (κ2) is 6.10. The Labute approximate surface area is 117 Å². The maximum Gasteiger partial charge on any atom is 0.228 e. The number of hydrogen-bond acceptors (Lipinski definition) is 3. The van der Waals surface area contributed by atoms with Gasteiger partial charge in [-0.2, -0.15) is 0 Å². The first-order valence-corrected chi connectivity index (χ1v) is 6.48. The van der Waals surface area contributed by atoms with Crippen molar-refractivity contribution in [3.63, 3.8) is 0 Å². The molecule has 0 unspecified atom stereocenters. The standard InChI is InChI=1S/C16H17NO3/c1-2-12-5-3-4-6-13(12)17-16(20)10-11-7-8-14(18)15(19)9-11/h3-9,18-19H,2,10H2,1H3,(H,17,20). The summed E-state index contributed by atoms with van der Waals surface area (Å²) in [6.07, 6.45) is 0.988. The molecule has 0 aromatic heterocycles. The van der Waals surface area contributed by atoms with Gasteiger partial charge in [-0.1, -0.05) is 31.2 Å². The van der Waals surface area contributed by atoms with E-state index in [9.17, 15) is 15.0 Å². The molecule has 4 heteroatoms. The minimum atomic E-state index is -0.218. The van der Waals surface area contributed by atoms with Crippen LogP contribution in [-0.4, -0.2) is 16.1 Å². The molecule has 0 atom stereocenters. The van der Waals surface area contributed by atoms with Gasteiger partial charge < -0.3 is 15.5 Å². The molecular weight excluding hydrogens is 254 g/mol. The monoisotopic (exact) mass is 271 g/mol. The molecule has 4 nitrogen and oxygen atoms in total. The summed E-state index contributed by atoms with van der Waals surface area (Å²) in [5, 5.41) is 21.5. The van der Waals surface area contributed by atoms with Crippen LogP contribution in [0.5, 0.6) is 11.5 Å². The summed E-state index contributed by atoms with van der Waals surface area (Å²) >= 11 is 0. The highest BCUT2D eigenvalue weighted by atomic mass is 16.3. The number of rotatable bonds is 4. The molecule has 0 saturated carbocycles. The van der Waals surface area contributed by atoms with Gasteiger partial charge in [0.1, 0.15) is 0 Å². The van der Waals surface area contributed by atoms with Gasteiger partial charge in [0.2, 0.25) is 5.91 Å². The lowest BCUT2D eigenvalue weighted by Crippen LogP contribution is -2.15. The van der Waals surface area contributed by atoms with Gasteiger partial charge >= 0.3 is 0 Å². The highest BCUT2D eigenvalue weighted by molar-refractivity contribution is 5.93. The Morgan fingerprint density at radius 2 is 1.85 bits per heavy atom. The van der Waals surface area contributed by atoms with Gasteiger partial charge in [0.25, 0.3) is 0 Å². The van der Waals surface area contributed by atoms with Crippen molar-refractivity contribution >= 4 is 11.6 Å². The summed E-state index contributed by atoms with van der Waals surface area (Å²) in [6.45, 7) is 2.03. The summed E-state index contributed by atoms with van der Waals surface area (Å²) in [7, 11) is 0. The summed E-state index contributed by atoms with van der Waals surface area (Å²) in [5.74, 6) is -0.564. The van der Waals surface area contributed by atoms with Gasteiger partial charge in [0, 0.05) is 5.69 Å². The lowest BCUT2D eigenvalue weighted by Gasteiger charge is -2.10. The average molecular weight is 271 g/mol. The molecule has 1 amide bonds. The van der Waals surface area contributed by atoms with Gasteiger partial charge in [-0.15, -0.1) is 0 Å². The van der Waals surface area contributed by atoms with Crippen molar-refractivity contribution in [1.29, 1.82) is 0 Å². The molecule has 3 N–H and O–H groups in total. The molecule has 2 aromatic rings. The van der Waals surface area contributed by atoms with Crippen molar-refractivity contribution < 1.29 is 15.0 Å². The lowest BCUT2D eigenvalue weighted by molar-refractivity contribution is -0.115. The Hall–Kier alpha value is -2.49. The molecule has 104 valence electrons. The molecule has 20 heavy (non-hydrogen) atoms. The number of phenolic OH excluding ortho intramolecular Hbond substituents is 2. The maximum atomic E-state index is 12.0. The predicted molar refractivity (Wildman–Crippen MR) is 77.9 cm³/mol. The third kappa shape index (κ3) is 3.29. The third-order valence-corrected chi connectivity index (χ3v) is 3.08. The Morgan fingerprint density at radius 1 is 1.10 bits per heavy atom. The zero-order valence-electron chi connectivity index (χ0n) is 11.3. The minimum Gasteiger partial charge on any atom is -0.504 e. The number of aromatic hydroxyl groups is 2. The number of benzene rings is 2. The van der Waals surface area contributed by atoms with Crippen LogP contribution < -0.4 is 5.32 Å². The minimum absolute atomic E-state index is 0.145. The molecule has 2 aromatic carbocycles. The van der Waals surface area contributed by atoms with Crippen molar-refractivity contribution in [3.05, 3.63) is 53.6 Å². The van der Waals surface area contributed by atoms with E-state index < -0.39 is 0 Å². The molecule has 0 aliphatic rings. The van der Waals surface area contributed by atoms with E-state index in [0.29, 0.717) is 5.56 Å². The first-order chi connectivity index (χ1) is 9.60. The summed E-state index contributed by atoms with van der Waals surface area (Å²) in [6, 6.07) is 12.0. The molecule has 0 bridgehead atoms. The molecule has 0 saturated heterocycles. The molecule has 0 spiro atoms. The van der Waals surface area contributed by atoms with Crippen molar-refractivity contribution in [1.82, 2.24) is 0 Å². The summed E-state index contributed by atoms with van der Waals surface area (Å²) < 4.78 is 0. The number of carbonyl (C=O) groups excluding carboxylic acids is 1. The SMILES string of the molecule is CCc1ccccc1NC(=O)Cc1ccc(O)c(O)c1. The van der Waals surface area contributed by atoms with Crippen LogP contribution in [0.25, 0.3) is 0 Å². The Kier molecular flexibility index (Phi) is 4.25. The van der Waals surface area contributed by atoms with Crippen LogP contribution in [0.2, 0.25) is 0 Å². The predicted octanol–water partition coefficient (Wildman–Crippen LogP) is 2.84. The molecule has 0 radical (unpaired) electrons. The second-order valence-electron chi connectivity index (χ2n) is 4.56. The number of carbonyl (C=O) groups is 1. The van der Waals surface area contributed by atoms with Gasteiger partial charge in [-0.3, -0.25) is 4.79 Å². The second-order valence-corrected chi connectivity index (χ2v) is 4.56. The molecular formula is C16H17NO3. The molecule has 0 aliphatic heterocycles. The summed E-state index contributed by atoms with van der Waals surface area (Å²) in [5.41, 5.74) is 2.53. The number of amides is 1. The van der Waals surface area contributed by atoms with Crippen LogP contribution in [-0.2, 0) is 17.6 Å². The fraction of sp³-hybridized carbons (Fsp3) is 0.188. The normalized spacial score (nSPS) is 10.2. The van der Waals surface area contributed by atoms with Crippen LogP contribution in [0.15, 0.2) is 42.5 Å². The van der Waals surface area contributed by atoms with E-state index >= 15 is 0 Å². The van der Waals surface area contributed by atoms with Crippen molar-refractivity contribution in [2.45, 2.75) is 19.8 Å². The Morgan fingerprint density at radius 3 is 2.55 bits per heavy atom. The van der Waals surface area contributed by atoms with Crippen LogP contribution in [0, 0.1) is 0 Å². The van der Waals surface area contributed by atoms with E-state index in [4.69, 9.17) is 0 Å². The molecule has 0 aliphatic carbocycles. The fourth-order valence-electron chi connectivity index (χ4n) is 2.01. The number of phenols is 2. The van der Waals surface area contributed by atoms with Crippen LogP contribution in [0.1, 0.15) is 18.1 Å². The highest BCUT2D eigenvalue weighted by Gasteiger charge is 2.08. The Balaban J connectivity index is 2.07. The van der Waals surface area contributed by atoms with E-state index in [0.717, 1.165) is 17.7 Å². The third-order valence-electron chi connectivity index (χ3n) is 3.08. The number of aryl methyl sites for hydroxylation is 1. The first kappa shape index (κ1) is 13.9. The Bertz CT molecular complexity index is 623. The van der Waals surface area contributed by atoms with Gasteiger partial charge in [0.15, 0.2) is 11.5 Å². The fourth-order valence-corrected chi connectivity index (χ4v) is 2.01. The van der Waals surface area contributed by atoms with Gasteiger partial charge in [0.05, 0.1) is 6.42 Å². The number of para-hydroxylation sites is 1. The van der Waals surface area contributed by atoms with Crippen LogP contribution in [0.4, 0.5) is 5.69 Å². The maximum absolute atomic E-state index is 12.0. The van der Waals surface area contributed by atoms with Crippen LogP contribution in [0.3, 0.4) is 0 Å². The van der Waals surface area contributed by atoms with Gasteiger partial charge in [-0.05, 0) is 35.7 Å². The first-order valence-electron chi connectivity index (χ1n) is 6.48. The zero-order valence-corrected chi connectivity index (χ0v) is 11.3. The topological polar surface area (TPSA) is 69.6 Å². The summed E-state index contributed by atoms with van der Waals surface area (Å²) in [4.78, 5) is 12.0. The smallest absolute Gasteiger partial charge is 0.228 e. The van der Waals surface area contributed by atoms with Crippen molar-refractivity contribution in [2.24, 2.45) is 0 Å².